The van der Waals surface area contributed by atoms with Gasteiger partial charge in [0.1, 0.15) is 11.6 Å². The van der Waals surface area contributed by atoms with Crippen LogP contribution in [0.25, 0.3) is 0 Å². The van der Waals surface area contributed by atoms with Crippen LogP contribution in [0.5, 0.6) is 5.75 Å². The standard InChI is InChI=1S/C19H26N4O2/c1-13(2)17-11-18(22-19(21-17)20-7-9-24)23-8-6-14-10-16(25-3)5-4-15(14)12-23/h4-5,10-11,13,24H,6-9,12H2,1-3H3,(H,20,21,22). The molecule has 0 saturated carbocycles. The molecule has 6 nitrogen and oxygen atoms in total. The zero-order valence-corrected chi connectivity index (χ0v) is 15.1. The Morgan fingerprint density at radius 3 is 2.80 bits per heavy atom. The van der Waals surface area contributed by atoms with Crippen LogP contribution < -0.4 is 15.0 Å². The summed E-state index contributed by atoms with van der Waals surface area (Å²) in [5, 5.41) is 12.1. The van der Waals surface area contributed by atoms with Crippen molar-refractivity contribution in [3.63, 3.8) is 0 Å². The second kappa shape index (κ2) is 7.70. The molecular formula is C19H26N4O2. The Balaban J connectivity index is 1.86. The lowest BCUT2D eigenvalue weighted by atomic mass is 9.99. The number of hydrogen-bond donors (Lipinski definition) is 2. The smallest absolute Gasteiger partial charge is 0.224 e. The molecule has 134 valence electrons. The van der Waals surface area contributed by atoms with Gasteiger partial charge >= 0.3 is 0 Å². The Hall–Kier alpha value is -2.34. The van der Waals surface area contributed by atoms with E-state index < -0.39 is 0 Å². The molecule has 1 aromatic carbocycles. The van der Waals surface area contributed by atoms with Gasteiger partial charge in [-0.05, 0) is 35.6 Å². The summed E-state index contributed by atoms with van der Waals surface area (Å²) in [6.07, 6.45) is 0.965. The minimum absolute atomic E-state index is 0.0590. The van der Waals surface area contributed by atoms with E-state index in [1.165, 1.54) is 11.1 Å². The van der Waals surface area contributed by atoms with Crippen molar-refractivity contribution in [3.8, 4) is 5.75 Å². The Kier molecular flexibility index (Phi) is 5.38. The van der Waals surface area contributed by atoms with Crippen LogP contribution in [0.2, 0.25) is 0 Å². The van der Waals surface area contributed by atoms with Crippen LogP contribution in [-0.4, -0.2) is 41.9 Å². The molecule has 0 unspecified atom stereocenters. The monoisotopic (exact) mass is 342 g/mol. The molecule has 2 N–H and O–H groups in total. The van der Waals surface area contributed by atoms with Gasteiger partial charge in [-0.2, -0.15) is 4.98 Å². The summed E-state index contributed by atoms with van der Waals surface area (Å²) >= 11 is 0. The first-order valence-corrected chi connectivity index (χ1v) is 8.75. The van der Waals surface area contributed by atoms with Crippen LogP contribution in [0.4, 0.5) is 11.8 Å². The van der Waals surface area contributed by atoms with Gasteiger partial charge in [0.15, 0.2) is 0 Å². The topological polar surface area (TPSA) is 70.5 Å². The average molecular weight is 342 g/mol. The largest absolute Gasteiger partial charge is 0.497 e. The Morgan fingerprint density at radius 1 is 1.24 bits per heavy atom. The summed E-state index contributed by atoms with van der Waals surface area (Å²) in [6, 6.07) is 8.34. The quantitative estimate of drug-likeness (QED) is 0.841. The molecule has 0 fully saturated rings. The van der Waals surface area contributed by atoms with E-state index in [9.17, 15) is 0 Å². The number of nitrogens with one attached hydrogen (secondary N) is 1. The van der Waals surface area contributed by atoms with Crippen molar-refractivity contribution < 1.29 is 9.84 Å². The van der Waals surface area contributed by atoms with Crippen LogP contribution in [0, 0.1) is 0 Å². The van der Waals surface area contributed by atoms with Crippen molar-refractivity contribution in [1.82, 2.24) is 9.97 Å². The molecule has 0 spiro atoms. The molecule has 1 aliphatic heterocycles. The number of aromatic nitrogens is 2. The van der Waals surface area contributed by atoms with E-state index in [4.69, 9.17) is 9.84 Å². The minimum Gasteiger partial charge on any atom is -0.497 e. The SMILES string of the molecule is COc1ccc2c(c1)CCN(c1cc(C(C)C)nc(NCCO)n1)C2. The first kappa shape index (κ1) is 17.5. The minimum atomic E-state index is 0.0590. The van der Waals surface area contributed by atoms with Crippen molar-refractivity contribution in [2.24, 2.45) is 0 Å². The lowest BCUT2D eigenvalue weighted by Gasteiger charge is -2.30. The predicted octanol–water partition coefficient (Wildman–Crippen LogP) is 2.58. The Bertz CT molecular complexity index is 733. The van der Waals surface area contributed by atoms with E-state index in [1.54, 1.807) is 7.11 Å². The first-order chi connectivity index (χ1) is 12.1. The van der Waals surface area contributed by atoms with E-state index >= 15 is 0 Å². The maximum atomic E-state index is 9.04. The maximum Gasteiger partial charge on any atom is 0.224 e. The second-order valence-electron chi connectivity index (χ2n) is 6.59. The molecule has 2 heterocycles. The second-order valence-corrected chi connectivity index (χ2v) is 6.59. The lowest BCUT2D eigenvalue weighted by molar-refractivity contribution is 0.311. The van der Waals surface area contributed by atoms with Gasteiger partial charge in [0, 0.05) is 25.7 Å². The molecule has 6 heteroatoms. The van der Waals surface area contributed by atoms with Crippen molar-refractivity contribution in [1.29, 1.82) is 0 Å². The van der Waals surface area contributed by atoms with E-state index in [0.29, 0.717) is 18.4 Å². The summed E-state index contributed by atoms with van der Waals surface area (Å²) in [7, 11) is 1.70. The highest BCUT2D eigenvalue weighted by Crippen LogP contribution is 2.28. The van der Waals surface area contributed by atoms with Gasteiger partial charge in [0.05, 0.1) is 19.4 Å². The molecule has 3 rings (SSSR count). The molecule has 2 aromatic rings. The number of aliphatic hydroxyl groups is 1. The first-order valence-electron chi connectivity index (χ1n) is 8.75. The predicted molar refractivity (Wildman–Crippen MR) is 99.4 cm³/mol. The third-order valence-corrected chi connectivity index (χ3v) is 4.47. The van der Waals surface area contributed by atoms with Gasteiger partial charge in [0.2, 0.25) is 5.95 Å². The van der Waals surface area contributed by atoms with Crippen molar-refractivity contribution in [2.75, 3.05) is 37.0 Å². The third kappa shape index (κ3) is 4.02. The van der Waals surface area contributed by atoms with Gasteiger partial charge in [-0.25, -0.2) is 4.98 Å². The molecular weight excluding hydrogens is 316 g/mol. The number of ether oxygens (including phenoxy) is 1. The van der Waals surface area contributed by atoms with Crippen molar-refractivity contribution >= 4 is 11.8 Å². The van der Waals surface area contributed by atoms with E-state index in [2.05, 4.69) is 52.2 Å². The molecule has 0 saturated heterocycles. The van der Waals surface area contributed by atoms with E-state index in [0.717, 1.165) is 36.8 Å². The van der Waals surface area contributed by atoms with Crippen molar-refractivity contribution in [3.05, 3.63) is 41.1 Å². The summed E-state index contributed by atoms with van der Waals surface area (Å²) in [4.78, 5) is 11.5. The summed E-state index contributed by atoms with van der Waals surface area (Å²) in [5.41, 5.74) is 3.65. The number of nitrogens with zero attached hydrogens (tertiary/aromatic N) is 3. The van der Waals surface area contributed by atoms with Gasteiger partial charge in [0.25, 0.3) is 0 Å². The Labute approximate surface area is 148 Å². The number of methoxy groups -OCH3 is 1. The fourth-order valence-corrected chi connectivity index (χ4v) is 3.01. The average Bonchev–Trinajstić information content (AvgIpc) is 2.65. The highest BCUT2D eigenvalue weighted by molar-refractivity contribution is 5.49. The van der Waals surface area contributed by atoms with Crippen LogP contribution in [0.1, 0.15) is 36.6 Å². The fraction of sp³-hybridized carbons (Fsp3) is 0.474. The zero-order valence-electron chi connectivity index (χ0n) is 15.1. The van der Waals surface area contributed by atoms with Gasteiger partial charge < -0.3 is 20.1 Å². The van der Waals surface area contributed by atoms with Crippen LogP contribution in [0.15, 0.2) is 24.3 Å². The van der Waals surface area contributed by atoms with Crippen molar-refractivity contribution in [2.45, 2.75) is 32.7 Å². The van der Waals surface area contributed by atoms with Gasteiger partial charge in [-0.15, -0.1) is 0 Å². The zero-order chi connectivity index (χ0) is 17.8. The molecule has 0 radical (unpaired) electrons. The molecule has 1 aliphatic rings. The van der Waals surface area contributed by atoms with E-state index in [1.807, 2.05) is 6.07 Å². The molecule has 0 aliphatic carbocycles. The van der Waals surface area contributed by atoms with Gasteiger partial charge in [-0.1, -0.05) is 19.9 Å². The lowest BCUT2D eigenvalue weighted by Crippen LogP contribution is -2.31. The van der Waals surface area contributed by atoms with E-state index in [-0.39, 0.29) is 6.61 Å². The highest BCUT2D eigenvalue weighted by Gasteiger charge is 2.20. The van der Waals surface area contributed by atoms with Crippen LogP contribution in [0.3, 0.4) is 0 Å². The molecule has 1 aromatic heterocycles. The third-order valence-electron chi connectivity index (χ3n) is 4.47. The maximum absolute atomic E-state index is 9.04. The molecule has 0 amide bonds. The summed E-state index contributed by atoms with van der Waals surface area (Å²) < 4.78 is 5.32. The van der Waals surface area contributed by atoms with Gasteiger partial charge in [-0.3, -0.25) is 0 Å². The number of anilines is 2. The fourth-order valence-electron chi connectivity index (χ4n) is 3.01. The number of benzene rings is 1. The molecule has 0 bridgehead atoms. The number of rotatable bonds is 6. The molecule has 25 heavy (non-hydrogen) atoms. The van der Waals surface area contributed by atoms with Crippen LogP contribution in [-0.2, 0) is 13.0 Å². The van der Waals surface area contributed by atoms with Crippen LogP contribution >= 0.6 is 0 Å². The summed E-state index contributed by atoms with van der Waals surface area (Å²) in [6.45, 7) is 6.49. The summed E-state index contributed by atoms with van der Waals surface area (Å²) in [5.74, 6) is 2.74. The number of fused-ring (bicyclic) bond motifs is 1. The Morgan fingerprint density at radius 2 is 2.08 bits per heavy atom. The highest BCUT2D eigenvalue weighted by atomic mass is 16.5. The number of aliphatic hydroxyl groups excluding tert-OH is 1. The molecule has 0 atom stereocenters. The normalized spacial score (nSPS) is 13.7. The number of hydrogen-bond acceptors (Lipinski definition) is 6.